The summed E-state index contributed by atoms with van der Waals surface area (Å²) in [6.45, 7) is 2.56. The van der Waals surface area contributed by atoms with Crippen LogP contribution < -0.4 is 20.7 Å². The minimum absolute atomic E-state index is 0.0622. The Kier molecular flexibility index (Phi) is 12.3. The molecule has 0 radical (unpaired) electrons. The lowest BCUT2D eigenvalue weighted by Gasteiger charge is -2.40. The van der Waals surface area contributed by atoms with Crippen LogP contribution in [0.3, 0.4) is 0 Å². The number of hydrogen-bond donors (Lipinski definition) is 3. The standard InChI is InChI=1S/C37H39ClF2N4O6S/c1-23-21-41-22-28(44(23)51(47,48)30-16-14-29(49-2)15-17-30)13-18-31-32(40)11-6-12-33(31)42-36(45)35(43-37(46)50-3)34(24-7-4-9-26(38)19-24)25-8-5-10-27(39)20-25/h4-12,14-17,19-20,23,28,34-35,41H,13,18,21-22H2,1-3H3,(H,42,45)(H,43,46)/t23-,28-,34-,35-/m0/s1. The number of halogens is 3. The van der Waals surface area contributed by atoms with Crippen LogP contribution in [0, 0.1) is 11.6 Å². The Morgan fingerprint density at radius 3 is 2.31 bits per heavy atom. The number of carbonyl (C=O) groups is 2. The SMILES string of the molecule is COC(=O)N[C@H](C(=O)Nc1cccc(F)c1CC[C@H]1CNC[C@H](C)N1S(=O)(=O)c1ccc(OC)cc1)[C@H](c1cccc(F)c1)c1cccc(Cl)c1. The summed E-state index contributed by atoms with van der Waals surface area (Å²) >= 11 is 6.31. The maximum absolute atomic E-state index is 15.6. The van der Waals surface area contributed by atoms with E-state index in [0.717, 1.165) is 7.11 Å². The van der Waals surface area contributed by atoms with Crippen molar-refractivity contribution in [3.63, 3.8) is 0 Å². The fourth-order valence-electron chi connectivity index (χ4n) is 6.45. The van der Waals surface area contributed by atoms with Gasteiger partial charge < -0.3 is 25.4 Å². The number of nitrogens with one attached hydrogen (secondary N) is 3. The first kappa shape index (κ1) is 37.7. The normalized spacial score (nSPS) is 17.6. The van der Waals surface area contributed by atoms with Gasteiger partial charge in [0.2, 0.25) is 15.9 Å². The van der Waals surface area contributed by atoms with Gasteiger partial charge in [0.1, 0.15) is 23.4 Å². The Hall–Kier alpha value is -4.56. The lowest BCUT2D eigenvalue weighted by molar-refractivity contribution is -0.118. The molecule has 51 heavy (non-hydrogen) atoms. The van der Waals surface area contributed by atoms with Crippen LogP contribution in [0.5, 0.6) is 5.75 Å². The number of amides is 2. The monoisotopic (exact) mass is 740 g/mol. The molecule has 0 saturated carbocycles. The molecule has 1 heterocycles. The van der Waals surface area contributed by atoms with Crippen LogP contribution in [-0.2, 0) is 26.0 Å². The summed E-state index contributed by atoms with van der Waals surface area (Å²) in [4.78, 5) is 26.9. The van der Waals surface area contributed by atoms with Gasteiger partial charge >= 0.3 is 6.09 Å². The molecule has 2 amide bonds. The minimum Gasteiger partial charge on any atom is -0.497 e. The molecular weight excluding hydrogens is 702 g/mol. The largest absolute Gasteiger partial charge is 0.497 e. The third-order valence-corrected chi connectivity index (χ3v) is 11.2. The number of carbonyl (C=O) groups excluding carboxylic acids is 2. The highest BCUT2D eigenvalue weighted by molar-refractivity contribution is 7.89. The molecule has 0 bridgehead atoms. The average Bonchev–Trinajstić information content (AvgIpc) is 3.11. The molecule has 4 atom stereocenters. The Labute approximate surface area is 301 Å². The summed E-state index contributed by atoms with van der Waals surface area (Å²) in [5.74, 6) is -2.33. The molecule has 1 fully saturated rings. The molecule has 4 aromatic rings. The molecule has 0 spiro atoms. The summed E-state index contributed by atoms with van der Waals surface area (Å²) in [5, 5.41) is 8.96. The summed E-state index contributed by atoms with van der Waals surface area (Å²) in [5.41, 5.74) is 1.14. The molecule has 1 aliphatic rings. The zero-order valence-electron chi connectivity index (χ0n) is 28.2. The molecule has 270 valence electrons. The first-order valence-corrected chi connectivity index (χ1v) is 18.1. The van der Waals surface area contributed by atoms with Crippen LogP contribution in [0.15, 0.2) is 95.9 Å². The van der Waals surface area contributed by atoms with Crippen LogP contribution >= 0.6 is 11.6 Å². The van der Waals surface area contributed by atoms with Crippen LogP contribution in [0.2, 0.25) is 5.02 Å². The lowest BCUT2D eigenvalue weighted by Crippen LogP contribution is -2.58. The van der Waals surface area contributed by atoms with E-state index in [0.29, 0.717) is 35.0 Å². The summed E-state index contributed by atoms with van der Waals surface area (Å²) < 4.78 is 69.3. The number of anilines is 1. The van der Waals surface area contributed by atoms with E-state index in [1.54, 1.807) is 49.4 Å². The highest BCUT2D eigenvalue weighted by Gasteiger charge is 2.38. The fourth-order valence-corrected chi connectivity index (χ4v) is 8.49. The third-order valence-electron chi connectivity index (χ3n) is 8.84. The maximum atomic E-state index is 15.6. The number of benzene rings is 4. The molecule has 5 rings (SSSR count). The van der Waals surface area contributed by atoms with E-state index in [9.17, 15) is 22.4 Å². The number of ether oxygens (including phenoxy) is 2. The topological polar surface area (TPSA) is 126 Å². The van der Waals surface area contributed by atoms with Gasteiger partial charge in [-0.25, -0.2) is 22.0 Å². The highest BCUT2D eigenvalue weighted by atomic mass is 35.5. The zero-order valence-corrected chi connectivity index (χ0v) is 29.8. The van der Waals surface area contributed by atoms with Crippen molar-refractivity contribution in [3.8, 4) is 5.75 Å². The van der Waals surface area contributed by atoms with E-state index in [2.05, 4.69) is 16.0 Å². The van der Waals surface area contributed by atoms with Gasteiger partial charge in [0, 0.05) is 47.4 Å². The number of hydrogen-bond acceptors (Lipinski definition) is 7. The van der Waals surface area contributed by atoms with Crippen molar-refractivity contribution >= 4 is 39.3 Å². The van der Waals surface area contributed by atoms with Gasteiger partial charge in [-0.3, -0.25) is 4.79 Å². The smallest absolute Gasteiger partial charge is 0.407 e. The van der Waals surface area contributed by atoms with E-state index < -0.39 is 57.7 Å². The van der Waals surface area contributed by atoms with Crippen LogP contribution in [0.4, 0.5) is 19.3 Å². The Bertz CT molecular complexity index is 1920. The predicted octanol–water partition coefficient (Wildman–Crippen LogP) is 6.11. The van der Waals surface area contributed by atoms with E-state index in [4.69, 9.17) is 21.1 Å². The van der Waals surface area contributed by atoms with E-state index in [1.165, 1.54) is 59.9 Å². The number of piperazine rings is 1. The van der Waals surface area contributed by atoms with Gasteiger partial charge in [-0.2, -0.15) is 4.31 Å². The quantitative estimate of drug-likeness (QED) is 0.160. The van der Waals surface area contributed by atoms with Gasteiger partial charge in [0.05, 0.1) is 19.1 Å². The molecule has 4 aromatic carbocycles. The maximum Gasteiger partial charge on any atom is 0.407 e. The number of alkyl carbamates (subject to hydrolysis) is 1. The number of methoxy groups -OCH3 is 2. The second kappa shape index (κ2) is 16.6. The fraction of sp³-hybridized carbons (Fsp3) is 0.297. The van der Waals surface area contributed by atoms with Crippen LogP contribution in [0.1, 0.15) is 36.0 Å². The Morgan fingerprint density at radius 1 is 0.961 bits per heavy atom. The van der Waals surface area contributed by atoms with Crippen LogP contribution in [-0.4, -0.2) is 70.2 Å². The Morgan fingerprint density at radius 2 is 1.65 bits per heavy atom. The first-order chi connectivity index (χ1) is 24.4. The van der Waals surface area contributed by atoms with Gasteiger partial charge in [0.15, 0.2) is 0 Å². The molecule has 0 unspecified atom stereocenters. The summed E-state index contributed by atoms with van der Waals surface area (Å²) in [7, 11) is -1.30. The molecule has 14 heteroatoms. The second-order valence-electron chi connectivity index (χ2n) is 12.2. The zero-order chi connectivity index (χ0) is 36.7. The summed E-state index contributed by atoms with van der Waals surface area (Å²) in [6.07, 6.45) is -0.642. The second-order valence-corrected chi connectivity index (χ2v) is 14.4. The van der Waals surface area contributed by atoms with Gasteiger partial charge in [0.25, 0.3) is 0 Å². The Balaban J connectivity index is 1.45. The van der Waals surface area contributed by atoms with Crippen molar-refractivity contribution in [1.29, 1.82) is 0 Å². The average molecular weight is 741 g/mol. The van der Waals surface area contributed by atoms with E-state index in [-0.39, 0.29) is 29.0 Å². The third kappa shape index (κ3) is 8.85. The molecule has 0 aromatic heterocycles. The van der Waals surface area contributed by atoms with Gasteiger partial charge in [-0.15, -0.1) is 0 Å². The molecule has 0 aliphatic carbocycles. The van der Waals surface area contributed by atoms with Crippen LogP contribution in [0.25, 0.3) is 0 Å². The molecule has 10 nitrogen and oxygen atoms in total. The molecule has 3 N–H and O–H groups in total. The number of rotatable bonds is 12. The van der Waals surface area contributed by atoms with Crippen molar-refractivity contribution in [3.05, 3.63) is 124 Å². The lowest BCUT2D eigenvalue weighted by atomic mass is 9.84. The van der Waals surface area contributed by atoms with Crippen molar-refractivity contribution in [2.45, 2.75) is 48.7 Å². The van der Waals surface area contributed by atoms with Crippen molar-refractivity contribution in [1.82, 2.24) is 14.9 Å². The van der Waals surface area contributed by atoms with Crippen molar-refractivity contribution in [2.24, 2.45) is 0 Å². The minimum atomic E-state index is -3.94. The van der Waals surface area contributed by atoms with Crippen molar-refractivity contribution in [2.75, 3.05) is 32.6 Å². The highest BCUT2D eigenvalue weighted by Crippen LogP contribution is 2.33. The first-order valence-electron chi connectivity index (χ1n) is 16.2. The molecular formula is C37H39ClF2N4O6S. The van der Waals surface area contributed by atoms with Gasteiger partial charge in [-0.1, -0.05) is 41.9 Å². The summed E-state index contributed by atoms with van der Waals surface area (Å²) in [6, 6.07) is 20.3. The molecule has 1 aliphatic heterocycles. The number of nitrogens with zero attached hydrogens (tertiary/aromatic N) is 1. The number of sulfonamides is 1. The van der Waals surface area contributed by atoms with E-state index >= 15 is 4.39 Å². The predicted molar refractivity (Wildman–Crippen MR) is 191 cm³/mol. The van der Waals surface area contributed by atoms with Gasteiger partial charge in [-0.05, 0) is 91.6 Å². The van der Waals surface area contributed by atoms with Crippen molar-refractivity contribution < 1.29 is 36.3 Å². The molecule has 1 saturated heterocycles. The van der Waals surface area contributed by atoms with E-state index in [1.807, 2.05) is 0 Å².